The summed E-state index contributed by atoms with van der Waals surface area (Å²) in [7, 11) is 3.20. The number of carbonyl (C=O) groups excluding carboxylic acids is 1. The molecule has 1 saturated heterocycles. The van der Waals surface area contributed by atoms with Crippen molar-refractivity contribution in [1.82, 2.24) is 4.90 Å². The van der Waals surface area contributed by atoms with Crippen LogP contribution >= 0.6 is 0 Å². The quantitative estimate of drug-likeness (QED) is 0.803. The molecule has 1 heterocycles. The highest BCUT2D eigenvalue weighted by atomic mass is 16.5. The molecule has 0 aromatic heterocycles. The number of aliphatic hydroxyl groups excluding tert-OH is 1. The number of rotatable bonds is 6. The monoisotopic (exact) mass is 323 g/mol. The van der Waals surface area contributed by atoms with E-state index in [1.807, 2.05) is 30.0 Å². The number of ether oxygens (including phenoxy) is 3. The number of likely N-dealkylation sites (tertiary alicyclic amines) is 1. The van der Waals surface area contributed by atoms with E-state index in [1.165, 1.54) is 0 Å². The van der Waals surface area contributed by atoms with Crippen molar-refractivity contribution >= 4 is 5.97 Å². The van der Waals surface area contributed by atoms with Gasteiger partial charge in [-0.1, -0.05) is 13.0 Å². The van der Waals surface area contributed by atoms with Crippen molar-refractivity contribution in [3.8, 4) is 11.5 Å². The average Bonchev–Trinajstić information content (AvgIpc) is 2.84. The summed E-state index contributed by atoms with van der Waals surface area (Å²) in [4.78, 5) is 13.9. The van der Waals surface area contributed by atoms with E-state index in [1.54, 1.807) is 21.1 Å². The zero-order valence-corrected chi connectivity index (χ0v) is 14.1. The predicted octanol–water partition coefficient (Wildman–Crippen LogP) is 1.65. The minimum Gasteiger partial charge on any atom is -0.497 e. The molecule has 1 aromatic carbocycles. The number of aliphatic hydroxyl groups is 1. The van der Waals surface area contributed by atoms with E-state index in [4.69, 9.17) is 14.2 Å². The zero-order valence-electron chi connectivity index (χ0n) is 14.1. The Balaban J connectivity index is 2.13. The first-order chi connectivity index (χ1) is 11.0. The van der Waals surface area contributed by atoms with Crippen molar-refractivity contribution in [3.63, 3.8) is 0 Å². The van der Waals surface area contributed by atoms with Gasteiger partial charge in [0.05, 0.1) is 26.7 Å². The smallest absolute Gasteiger partial charge is 0.310 e. The van der Waals surface area contributed by atoms with E-state index in [0.29, 0.717) is 31.2 Å². The first kappa shape index (κ1) is 17.6. The van der Waals surface area contributed by atoms with Crippen LogP contribution < -0.4 is 9.47 Å². The third-order valence-electron chi connectivity index (χ3n) is 4.37. The topological polar surface area (TPSA) is 68.2 Å². The minimum atomic E-state index is -0.684. The van der Waals surface area contributed by atoms with Crippen LogP contribution in [0.15, 0.2) is 18.2 Å². The molecule has 0 bridgehead atoms. The van der Waals surface area contributed by atoms with Gasteiger partial charge in [0.1, 0.15) is 17.7 Å². The highest BCUT2D eigenvalue weighted by Gasteiger charge is 2.42. The van der Waals surface area contributed by atoms with Crippen LogP contribution in [0.2, 0.25) is 0 Å². The number of carbonyl (C=O) groups is 1. The second kappa shape index (κ2) is 7.66. The summed E-state index contributed by atoms with van der Waals surface area (Å²) in [5, 5.41) is 10.4. The maximum absolute atomic E-state index is 12.0. The van der Waals surface area contributed by atoms with Gasteiger partial charge in [-0.05, 0) is 13.0 Å². The van der Waals surface area contributed by atoms with E-state index < -0.39 is 6.23 Å². The van der Waals surface area contributed by atoms with Crippen LogP contribution in [0, 0.1) is 11.8 Å². The summed E-state index contributed by atoms with van der Waals surface area (Å²) in [5.74, 6) is 0.685. The molecule has 1 aliphatic rings. The highest BCUT2D eigenvalue weighted by Crippen LogP contribution is 2.33. The van der Waals surface area contributed by atoms with E-state index in [-0.39, 0.29) is 17.8 Å². The third-order valence-corrected chi connectivity index (χ3v) is 4.37. The molecule has 2 rings (SSSR count). The average molecular weight is 323 g/mol. The van der Waals surface area contributed by atoms with Gasteiger partial charge in [0.2, 0.25) is 0 Å². The molecule has 3 unspecified atom stereocenters. The second-order valence-corrected chi connectivity index (χ2v) is 5.74. The van der Waals surface area contributed by atoms with Crippen molar-refractivity contribution in [2.45, 2.75) is 26.6 Å². The molecule has 1 N–H and O–H groups in total. The van der Waals surface area contributed by atoms with Crippen LogP contribution in [0.5, 0.6) is 11.5 Å². The number of hydrogen-bond donors (Lipinski definition) is 1. The maximum atomic E-state index is 12.0. The first-order valence-electron chi connectivity index (χ1n) is 7.81. The van der Waals surface area contributed by atoms with Gasteiger partial charge in [-0.2, -0.15) is 0 Å². The number of hydrogen-bond acceptors (Lipinski definition) is 6. The summed E-state index contributed by atoms with van der Waals surface area (Å²) in [5.41, 5.74) is 0.934. The fraction of sp³-hybridized carbons (Fsp3) is 0.588. The van der Waals surface area contributed by atoms with E-state index >= 15 is 0 Å². The molecule has 23 heavy (non-hydrogen) atoms. The molecule has 0 spiro atoms. The zero-order chi connectivity index (χ0) is 17.0. The lowest BCUT2D eigenvalue weighted by molar-refractivity contribution is -0.149. The van der Waals surface area contributed by atoms with Crippen LogP contribution in [-0.2, 0) is 16.1 Å². The number of benzene rings is 1. The Kier molecular flexibility index (Phi) is 5.85. The Hall–Kier alpha value is -1.79. The van der Waals surface area contributed by atoms with E-state index in [0.717, 1.165) is 5.56 Å². The molecule has 6 nitrogen and oxygen atoms in total. The number of nitrogens with zero attached hydrogens (tertiary/aromatic N) is 1. The fourth-order valence-electron chi connectivity index (χ4n) is 2.97. The van der Waals surface area contributed by atoms with Crippen LogP contribution in [-0.4, -0.2) is 49.6 Å². The fourth-order valence-corrected chi connectivity index (χ4v) is 2.97. The van der Waals surface area contributed by atoms with Crippen LogP contribution in [0.3, 0.4) is 0 Å². The normalized spacial score (nSPS) is 24.5. The number of esters is 1. The first-order valence-corrected chi connectivity index (χ1v) is 7.81. The molecule has 0 amide bonds. The van der Waals surface area contributed by atoms with Gasteiger partial charge in [0.15, 0.2) is 0 Å². The van der Waals surface area contributed by atoms with Crippen molar-refractivity contribution in [2.24, 2.45) is 11.8 Å². The van der Waals surface area contributed by atoms with Crippen molar-refractivity contribution in [3.05, 3.63) is 23.8 Å². The van der Waals surface area contributed by atoms with Crippen LogP contribution in [0.25, 0.3) is 0 Å². The lowest BCUT2D eigenvalue weighted by atomic mass is 9.97. The van der Waals surface area contributed by atoms with Gasteiger partial charge >= 0.3 is 5.97 Å². The molecular weight excluding hydrogens is 298 g/mol. The summed E-state index contributed by atoms with van der Waals surface area (Å²) < 4.78 is 15.7. The SMILES string of the molecule is CCOC(=O)C1CN(Cc2ccc(OC)cc2OC)C(O)C1C. The Bertz CT molecular complexity index is 548. The lowest BCUT2D eigenvalue weighted by Crippen LogP contribution is -2.31. The van der Waals surface area contributed by atoms with Crippen molar-refractivity contribution in [1.29, 1.82) is 0 Å². The van der Waals surface area contributed by atoms with Gasteiger partial charge in [-0.15, -0.1) is 0 Å². The minimum absolute atomic E-state index is 0.168. The Morgan fingerprint density at radius 2 is 2.09 bits per heavy atom. The van der Waals surface area contributed by atoms with E-state index in [2.05, 4.69) is 0 Å². The summed E-state index contributed by atoms with van der Waals surface area (Å²) in [6.07, 6.45) is -0.684. The molecule has 1 fully saturated rings. The second-order valence-electron chi connectivity index (χ2n) is 5.74. The molecule has 6 heteroatoms. The number of methoxy groups -OCH3 is 2. The maximum Gasteiger partial charge on any atom is 0.310 e. The van der Waals surface area contributed by atoms with E-state index in [9.17, 15) is 9.90 Å². The lowest BCUT2D eigenvalue weighted by Gasteiger charge is -2.22. The third kappa shape index (κ3) is 3.76. The molecule has 0 aliphatic carbocycles. The van der Waals surface area contributed by atoms with Crippen LogP contribution in [0.1, 0.15) is 19.4 Å². The summed E-state index contributed by atoms with van der Waals surface area (Å²) in [6.45, 7) is 4.97. The molecule has 1 aromatic rings. The summed E-state index contributed by atoms with van der Waals surface area (Å²) >= 11 is 0. The Labute approximate surface area is 136 Å². The Morgan fingerprint density at radius 1 is 1.35 bits per heavy atom. The standard InChI is InChI=1S/C17H25NO5/c1-5-23-17(20)14-10-18(16(19)11(14)2)9-12-6-7-13(21-3)8-15(12)22-4/h6-8,11,14,16,19H,5,9-10H2,1-4H3. The molecule has 3 atom stereocenters. The van der Waals surface area contributed by atoms with Gasteiger partial charge in [-0.3, -0.25) is 9.69 Å². The highest BCUT2D eigenvalue weighted by molar-refractivity contribution is 5.73. The Morgan fingerprint density at radius 3 is 2.70 bits per heavy atom. The molecular formula is C17H25NO5. The molecule has 0 radical (unpaired) electrons. The molecule has 1 aliphatic heterocycles. The van der Waals surface area contributed by atoms with Crippen molar-refractivity contribution < 1.29 is 24.1 Å². The van der Waals surface area contributed by atoms with Gasteiger partial charge < -0.3 is 19.3 Å². The molecule has 128 valence electrons. The predicted molar refractivity (Wildman–Crippen MR) is 85.2 cm³/mol. The van der Waals surface area contributed by atoms with Gasteiger partial charge in [-0.25, -0.2) is 0 Å². The van der Waals surface area contributed by atoms with Crippen LogP contribution in [0.4, 0.5) is 0 Å². The van der Waals surface area contributed by atoms with Crippen molar-refractivity contribution in [2.75, 3.05) is 27.4 Å². The molecule has 0 saturated carbocycles. The summed E-state index contributed by atoms with van der Waals surface area (Å²) in [6, 6.07) is 5.57. The van der Waals surface area contributed by atoms with Gasteiger partial charge in [0, 0.05) is 30.6 Å². The van der Waals surface area contributed by atoms with Gasteiger partial charge in [0.25, 0.3) is 0 Å². The largest absolute Gasteiger partial charge is 0.497 e.